The summed E-state index contributed by atoms with van der Waals surface area (Å²) in [4.78, 5) is 23.7. The van der Waals surface area contributed by atoms with E-state index in [-0.39, 0.29) is 11.5 Å². The van der Waals surface area contributed by atoms with E-state index in [1.165, 1.54) is 21.1 Å². The van der Waals surface area contributed by atoms with Gasteiger partial charge in [0.05, 0.1) is 14.2 Å². The first-order valence-corrected chi connectivity index (χ1v) is 6.24. The maximum Gasteiger partial charge on any atom is 0.346 e. The highest BCUT2D eigenvalue weighted by atomic mass is 16.6. The molecule has 6 heteroatoms. The van der Waals surface area contributed by atoms with Crippen LogP contribution in [-0.2, 0) is 9.53 Å². The Hall–Kier alpha value is -2.24. The van der Waals surface area contributed by atoms with E-state index in [4.69, 9.17) is 14.2 Å². The number of esters is 1. The average molecular weight is 281 g/mol. The Morgan fingerprint density at radius 2 is 1.75 bits per heavy atom. The second-order valence-electron chi connectivity index (χ2n) is 3.98. The van der Waals surface area contributed by atoms with E-state index < -0.39 is 12.1 Å². The maximum atomic E-state index is 12.2. The van der Waals surface area contributed by atoms with E-state index in [1.54, 1.807) is 25.1 Å². The van der Waals surface area contributed by atoms with Gasteiger partial charge < -0.3 is 19.5 Å². The summed E-state index contributed by atoms with van der Waals surface area (Å²) in [7, 11) is 2.89. The molecule has 0 bridgehead atoms. The van der Waals surface area contributed by atoms with Crippen molar-refractivity contribution < 1.29 is 23.8 Å². The van der Waals surface area contributed by atoms with Gasteiger partial charge in [0.1, 0.15) is 17.1 Å². The van der Waals surface area contributed by atoms with Gasteiger partial charge in [0.15, 0.2) is 6.10 Å². The third-order valence-corrected chi connectivity index (χ3v) is 2.64. The van der Waals surface area contributed by atoms with Crippen molar-refractivity contribution in [2.45, 2.75) is 20.0 Å². The third-order valence-electron chi connectivity index (χ3n) is 2.64. The van der Waals surface area contributed by atoms with Gasteiger partial charge in [0, 0.05) is 6.54 Å². The van der Waals surface area contributed by atoms with Crippen LogP contribution in [-0.4, -0.2) is 38.7 Å². The fourth-order valence-electron chi connectivity index (χ4n) is 1.64. The number of methoxy groups -OCH3 is 2. The van der Waals surface area contributed by atoms with Crippen molar-refractivity contribution in [1.82, 2.24) is 5.32 Å². The lowest BCUT2D eigenvalue weighted by Crippen LogP contribution is -2.35. The van der Waals surface area contributed by atoms with E-state index in [0.29, 0.717) is 18.0 Å². The van der Waals surface area contributed by atoms with E-state index >= 15 is 0 Å². The van der Waals surface area contributed by atoms with Gasteiger partial charge in [-0.25, -0.2) is 4.79 Å². The molecule has 1 atom stereocenters. The van der Waals surface area contributed by atoms with Gasteiger partial charge >= 0.3 is 5.97 Å². The molecule has 0 aromatic heterocycles. The number of ether oxygens (including phenoxy) is 3. The molecule has 0 unspecified atom stereocenters. The molecule has 6 nitrogen and oxygen atoms in total. The van der Waals surface area contributed by atoms with Gasteiger partial charge in [-0.05, 0) is 26.0 Å². The van der Waals surface area contributed by atoms with Gasteiger partial charge in [-0.3, -0.25) is 4.79 Å². The van der Waals surface area contributed by atoms with E-state index in [1.807, 2.05) is 0 Å². The second-order valence-corrected chi connectivity index (χ2v) is 3.98. The summed E-state index contributed by atoms with van der Waals surface area (Å²) in [5.74, 6) is -0.359. The number of hydrogen-bond acceptors (Lipinski definition) is 5. The van der Waals surface area contributed by atoms with E-state index in [0.717, 1.165) is 0 Å². The van der Waals surface area contributed by atoms with Crippen LogP contribution in [0.3, 0.4) is 0 Å². The van der Waals surface area contributed by atoms with Crippen molar-refractivity contribution in [1.29, 1.82) is 0 Å². The Morgan fingerprint density at radius 1 is 1.20 bits per heavy atom. The van der Waals surface area contributed by atoms with E-state index in [2.05, 4.69) is 5.32 Å². The molecule has 1 N–H and O–H groups in total. The Bertz CT molecular complexity index is 464. The summed E-state index contributed by atoms with van der Waals surface area (Å²) in [5, 5.41) is 2.58. The number of benzene rings is 1. The summed E-state index contributed by atoms with van der Waals surface area (Å²) in [6, 6.07) is 4.94. The zero-order valence-corrected chi connectivity index (χ0v) is 12.1. The Morgan fingerprint density at radius 3 is 2.20 bits per heavy atom. The monoisotopic (exact) mass is 281 g/mol. The molecule has 1 aromatic rings. The fourth-order valence-corrected chi connectivity index (χ4v) is 1.64. The molecule has 0 saturated heterocycles. The molecular formula is C14H19NO5. The van der Waals surface area contributed by atoms with Crippen LogP contribution in [0.2, 0.25) is 0 Å². The smallest absolute Gasteiger partial charge is 0.346 e. The Balaban J connectivity index is 2.94. The van der Waals surface area contributed by atoms with Crippen LogP contribution in [0.4, 0.5) is 0 Å². The predicted molar refractivity (Wildman–Crippen MR) is 73.1 cm³/mol. The third kappa shape index (κ3) is 3.63. The molecule has 0 fully saturated rings. The Kier molecular flexibility index (Phi) is 5.83. The van der Waals surface area contributed by atoms with Gasteiger partial charge in [0.2, 0.25) is 0 Å². The second kappa shape index (κ2) is 7.37. The van der Waals surface area contributed by atoms with Gasteiger partial charge in [-0.15, -0.1) is 0 Å². The summed E-state index contributed by atoms with van der Waals surface area (Å²) in [6.45, 7) is 3.76. The molecule has 110 valence electrons. The van der Waals surface area contributed by atoms with Crippen LogP contribution in [0, 0.1) is 0 Å². The number of likely N-dealkylation sites (N-methyl/N-ethyl adjacent to an activating group) is 1. The molecule has 0 spiro atoms. The molecule has 0 radical (unpaired) electrons. The van der Waals surface area contributed by atoms with Crippen molar-refractivity contribution in [3.63, 3.8) is 0 Å². The predicted octanol–water partition coefficient (Wildman–Crippen LogP) is 1.39. The zero-order valence-electron chi connectivity index (χ0n) is 12.1. The van der Waals surface area contributed by atoms with Crippen LogP contribution >= 0.6 is 0 Å². The normalized spacial score (nSPS) is 11.4. The molecule has 0 heterocycles. The summed E-state index contributed by atoms with van der Waals surface area (Å²) in [6.07, 6.45) is -0.892. The highest BCUT2D eigenvalue weighted by Crippen LogP contribution is 2.29. The van der Waals surface area contributed by atoms with Gasteiger partial charge in [-0.1, -0.05) is 6.07 Å². The highest BCUT2D eigenvalue weighted by Gasteiger charge is 2.24. The SMILES string of the molecule is CCNC(=O)[C@H](C)OC(=O)c1c(OC)cccc1OC. The molecule has 0 aliphatic heterocycles. The minimum Gasteiger partial charge on any atom is -0.496 e. The minimum absolute atomic E-state index is 0.161. The van der Waals surface area contributed by atoms with Crippen molar-refractivity contribution >= 4 is 11.9 Å². The van der Waals surface area contributed by atoms with Crippen LogP contribution in [0.25, 0.3) is 0 Å². The minimum atomic E-state index is -0.892. The van der Waals surface area contributed by atoms with Crippen LogP contribution in [0.5, 0.6) is 11.5 Å². The standard InChI is InChI=1S/C14H19NO5/c1-5-15-13(16)9(2)20-14(17)12-10(18-3)7-6-8-11(12)19-4/h6-9H,5H2,1-4H3,(H,15,16)/t9-/m0/s1. The van der Waals surface area contributed by atoms with Crippen molar-refractivity contribution in [2.75, 3.05) is 20.8 Å². The first-order chi connectivity index (χ1) is 9.54. The first-order valence-electron chi connectivity index (χ1n) is 6.24. The van der Waals surface area contributed by atoms with Crippen molar-refractivity contribution in [2.24, 2.45) is 0 Å². The van der Waals surface area contributed by atoms with E-state index in [9.17, 15) is 9.59 Å². The average Bonchev–Trinajstić information content (AvgIpc) is 2.46. The van der Waals surface area contributed by atoms with Gasteiger partial charge in [0.25, 0.3) is 5.91 Å². The lowest BCUT2D eigenvalue weighted by Gasteiger charge is -2.15. The lowest BCUT2D eigenvalue weighted by atomic mass is 10.1. The molecule has 1 aromatic carbocycles. The molecule has 1 amide bonds. The highest BCUT2D eigenvalue weighted by molar-refractivity contribution is 5.97. The number of carbonyl (C=O) groups excluding carboxylic acids is 2. The summed E-state index contributed by atoms with van der Waals surface area (Å²) >= 11 is 0. The number of rotatable bonds is 6. The molecule has 20 heavy (non-hydrogen) atoms. The summed E-state index contributed by atoms with van der Waals surface area (Å²) < 4.78 is 15.4. The maximum absolute atomic E-state index is 12.2. The number of carbonyl (C=O) groups is 2. The summed E-state index contributed by atoms with van der Waals surface area (Å²) in [5.41, 5.74) is 0.161. The van der Waals surface area contributed by atoms with Crippen LogP contribution in [0.1, 0.15) is 24.2 Å². The largest absolute Gasteiger partial charge is 0.496 e. The molecular weight excluding hydrogens is 262 g/mol. The Labute approximate surface area is 118 Å². The fraction of sp³-hybridized carbons (Fsp3) is 0.429. The van der Waals surface area contributed by atoms with Crippen molar-refractivity contribution in [3.05, 3.63) is 23.8 Å². The topological polar surface area (TPSA) is 73.9 Å². The van der Waals surface area contributed by atoms with Crippen LogP contribution < -0.4 is 14.8 Å². The number of amides is 1. The molecule has 0 aliphatic rings. The van der Waals surface area contributed by atoms with Crippen LogP contribution in [0.15, 0.2) is 18.2 Å². The molecule has 0 aliphatic carbocycles. The lowest BCUT2D eigenvalue weighted by molar-refractivity contribution is -0.128. The first kappa shape index (κ1) is 15.8. The molecule has 1 rings (SSSR count). The number of nitrogens with one attached hydrogen (secondary N) is 1. The van der Waals surface area contributed by atoms with Crippen molar-refractivity contribution in [3.8, 4) is 11.5 Å². The number of hydrogen-bond donors (Lipinski definition) is 1. The quantitative estimate of drug-likeness (QED) is 0.797. The zero-order chi connectivity index (χ0) is 15.1. The molecule has 0 saturated carbocycles. The van der Waals surface area contributed by atoms with Gasteiger partial charge in [-0.2, -0.15) is 0 Å².